The molecular weight excluding hydrogens is 281 g/mol. The van der Waals surface area contributed by atoms with Gasteiger partial charge in [-0.05, 0) is 24.1 Å². The van der Waals surface area contributed by atoms with Gasteiger partial charge in [0, 0.05) is 25.4 Å². The molecule has 0 aliphatic rings. The molecule has 0 spiro atoms. The number of carbonyl (C=O) groups excluding carboxylic acids is 1. The number of hydrogen-bond acceptors (Lipinski definition) is 2. The normalized spacial score (nSPS) is 13.6. The van der Waals surface area contributed by atoms with E-state index in [1.807, 2.05) is 24.7 Å². The summed E-state index contributed by atoms with van der Waals surface area (Å²) in [5.41, 5.74) is 0.813. The Balaban J connectivity index is 2.28. The fourth-order valence-corrected chi connectivity index (χ4v) is 2.46. The van der Waals surface area contributed by atoms with Crippen LogP contribution in [0.5, 0.6) is 0 Å². The predicted molar refractivity (Wildman–Crippen MR) is 83.7 cm³/mol. The first kappa shape index (κ1) is 16.2. The highest BCUT2D eigenvalue weighted by molar-refractivity contribution is 5.79. The molecule has 0 radical (unpaired) electrons. The van der Waals surface area contributed by atoms with Crippen LogP contribution in [0, 0.1) is 11.7 Å². The summed E-state index contributed by atoms with van der Waals surface area (Å²) >= 11 is 0. The first-order valence-electron chi connectivity index (χ1n) is 7.56. The Hall–Kier alpha value is -2.17. The van der Waals surface area contributed by atoms with Gasteiger partial charge in [-0.25, -0.2) is 9.37 Å². The van der Waals surface area contributed by atoms with Gasteiger partial charge in [-0.2, -0.15) is 0 Å². The SMILES string of the molecule is CCCC(C)C(=O)NC(c1ccc(F)cc1)c1nccn1C. The molecule has 2 rings (SSSR count). The Morgan fingerprint density at radius 3 is 2.59 bits per heavy atom. The number of halogens is 1. The van der Waals surface area contributed by atoms with Gasteiger partial charge < -0.3 is 9.88 Å². The van der Waals surface area contributed by atoms with Gasteiger partial charge >= 0.3 is 0 Å². The van der Waals surface area contributed by atoms with Crippen LogP contribution in [0.2, 0.25) is 0 Å². The lowest BCUT2D eigenvalue weighted by molar-refractivity contribution is -0.125. The molecular formula is C17H22FN3O. The highest BCUT2D eigenvalue weighted by Crippen LogP contribution is 2.22. The Bertz CT molecular complexity index is 621. The summed E-state index contributed by atoms with van der Waals surface area (Å²) in [5.74, 6) is 0.351. The van der Waals surface area contributed by atoms with Crippen LogP contribution in [0.15, 0.2) is 36.7 Å². The summed E-state index contributed by atoms with van der Waals surface area (Å²) in [5, 5.41) is 3.04. The molecule has 0 saturated carbocycles. The minimum absolute atomic E-state index is 0.0147. The van der Waals surface area contributed by atoms with E-state index >= 15 is 0 Å². The maximum Gasteiger partial charge on any atom is 0.223 e. The van der Waals surface area contributed by atoms with Crippen LogP contribution in [0.25, 0.3) is 0 Å². The largest absolute Gasteiger partial charge is 0.342 e. The number of benzene rings is 1. The highest BCUT2D eigenvalue weighted by atomic mass is 19.1. The summed E-state index contributed by atoms with van der Waals surface area (Å²) in [6.07, 6.45) is 5.31. The molecule has 2 aromatic rings. The number of aromatic nitrogens is 2. The molecule has 118 valence electrons. The minimum atomic E-state index is -0.382. The molecule has 1 N–H and O–H groups in total. The number of aryl methyl sites for hydroxylation is 1. The molecule has 2 unspecified atom stereocenters. The zero-order chi connectivity index (χ0) is 16.1. The number of hydrogen-bond donors (Lipinski definition) is 1. The third-order valence-electron chi connectivity index (χ3n) is 3.78. The van der Waals surface area contributed by atoms with E-state index in [0.717, 1.165) is 24.2 Å². The third kappa shape index (κ3) is 3.72. The molecule has 4 nitrogen and oxygen atoms in total. The predicted octanol–water partition coefficient (Wildman–Crippen LogP) is 3.20. The van der Waals surface area contributed by atoms with Crippen molar-refractivity contribution in [1.82, 2.24) is 14.9 Å². The lowest BCUT2D eigenvalue weighted by Crippen LogP contribution is -2.34. The molecule has 1 aromatic carbocycles. The van der Waals surface area contributed by atoms with Gasteiger partial charge in [-0.3, -0.25) is 4.79 Å². The maximum atomic E-state index is 13.2. The summed E-state index contributed by atoms with van der Waals surface area (Å²) in [6, 6.07) is 5.77. The van der Waals surface area contributed by atoms with Crippen molar-refractivity contribution < 1.29 is 9.18 Å². The number of amides is 1. The van der Waals surface area contributed by atoms with Crippen LogP contribution in [0.3, 0.4) is 0 Å². The second-order valence-electron chi connectivity index (χ2n) is 5.58. The summed E-state index contributed by atoms with van der Waals surface area (Å²) in [4.78, 5) is 16.7. The number of rotatable bonds is 6. The van der Waals surface area contributed by atoms with E-state index in [1.54, 1.807) is 18.3 Å². The van der Waals surface area contributed by atoms with Crippen LogP contribution in [0.4, 0.5) is 4.39 Å². The fraction of sp³-hybridized carbons (Fsp3) is 0.412. The maximum absolute atomic E-state index is 13.2. The second kappa shape index (κ2) is 7.20. The van der Waals surface area contributed by atoms with Gasteiger partial charge in [0.05, 0.1) is 0 Å². The van der Waals surface area contributed by atoms with Crippen LogP contribution < -0.4 is 5.32 Å². The van der Waals surface area contributed by atoms with Crippen molar-refractivity contribution in [3.63, 3.8) is 0 Å². The molecule has 1 amide bonds. The van der Waals surface area contributed by atoms with E-state index in [9.17, 15) is 9.18 Å². The molecule has 0 bridgehead atoms. The van der Waals surface area contributed by atoms with Crippen molar-refractivity contribution in [2.75, 3.05) is 0 Å². The topological polar surface area (TPSA) is 46.9 Å². The Kier molecular flexibility index (Phi) is 5.31. The van der Waals surface area contributed by atoms with Gasteiger partial charge in [0.25, 0.3) is 0 Å². The number of carbonyl (C=O) groups is 1. The first-order chi connectivity index (χ1) is 10.5. The van der Waals surface area contributed by atoms with Crippen molar-refractivity contribution in [2.45, 2.75) is 32.7 Å². The van der Waals surface area contributed by atoms with Crippen LogP contribution in [0.1, 0.15) is 44.1 Å². The molecule has 2 atom stereocenters. The van der Waals surface area contributed by atoms with Gasteiger partial charge in [0.1, 0.15) is 17.7 Å². The summed E-state index contributed by atoms with van der Waals surface area (Å²) in [7, 11) is 1.88. The van der Waals surface area contributed by atoms with E-state index in [-0.39, 0.29) is 23.7 Å². The van der Waals surface area contributed by atoms with Gasteiger partial charge in [0.15, 0.2) is 0 Å². The van der Waals surface area contributed by atoms with Crippen molar-refractivity contribution in [3.05, 3.63) is 53.9 Å². The van der Waals surface area contributed by atoms with Crippen molar-refractivity contribution in [3.8, 4) is 0 Å². The van der Waals surface area contributed by atoms with E-state index in [1.165, 1.54) is 12.1 Å². The number of nitrogens with one attached hydrogen (secondary N) is 1. The lowest BCUT2D eigenvalue weighted by Gasteiger charge is -2.21. The molecule has 1 aromatic heterocycles. The Labute approximate surface area is 130 Å². The quantitative estimate of drug-likeness (QED) is 0.891. The average Bonchev–Trinajstić information content (AvgIpc) is 2.92. The highest BCUT2D eigenvalue weighted by Gasteiger charge is 2.23. The molecule has 0 aliphatic heterocycles. The van der Waals surface area contributed by atoms with Gasteiger partial charge in [-0.1, -0.05) is 32.4 Å². The average molecular weight is 303 g/mol. The van der Waals surface area contributed by atoms with E-state index in [0.29, 0.717) is 0 Å². The first-order valence-corrected chi connectivity index (χ1v) is 7.56. The Morgan fingerprint density at radius 2 is 2.05 bits per heavy atom. The van der Waals surface area contributed by atoms with E-state index < -0.39 is 0 Å². The molecule has 5 heteroatoms. The van der Waals surface area contributed by atoms with Crippen LogP contribution in [-0.4, -0.2) is 15.5 Å². The van der Waals surface area contributed by atoms with Crippen molar-refractivity contribution in [1.29, 1.82) is 0 Å². The fourth-order valence-electron chi connectivity index (χ4n) is 2.46. The number of nitrogens with zero attached hydrogens (tertiary/aromatic N) is 2. The van der Waals surface area contributed by atoms with Crippen LogP contribution in [-0.2, 0) is 11.8 Å². The smallest absolute Gasteiger partial charge is 0.223 e. The minimum Gasteiger partial charge on any atom is -0.342 e. The van der Waals surface area contributed by atoms with E-state index in [4.69, 9.17) is 0 Å². The van der Waals surface area contributed by atoms with Crippen molar-refractivity contribution >= 4 is 5.91 Å². The molecule has 1 heterocycles. The monoisotopic (exact) mass is 303 g/mol. The zero-order valence-electron chi connectivity index (χ0n) is 13.2. The summed E-state index contributed by atoms with van der Waals surface area (Å²) in [6.45, 7) is 3.97. The standard InChI is InChI=1S/C17H22FN3O/c1-4-5-12(2)17(22)20-15(16-19-10-11-21(16)3)13-6-8-14(18)9-7-13/h6-12,15H,4-5H2,1-3H3,(H,20,22). The van der Waals surface area contributed by atoms with E-state index in [2.05, 4.69) is 17.2 Å². The van der Waals surface area contributed by atoms with Gasteiger partial charge in [0.2, 0.25) is 5.91 Å². The second-order valence-corrected chi connectivity index (χ2v) is 5.58. The molecule has 0 fully saturated rings. The summed E-state index contributed by atoms with van der Waals surface area (Å²) < 4.78 is 15.0. The molecule has 0 aliphatic carbocycles. The number of imidazole rings is 1. The zero-order valence-corrected chi connectivity index (χ0v) is 13.2. The van der Waals surface area contributed by atoms with Gasteiger partial charge in [-0.15, -0.1) is 0 Å². The molecule has 22 heavy (non-hydrogen) atoms. The lowest BCUT2D eigenvalue weighted by atomic mass is 10.0. The molecule has 0 saturated heterocycles. The Morgan fingerprint density at radius 1 is 1.36 bits per heavy atom. The van der Waals surface area contributed by atoms with Crippen LogP contribution >= 0.6 is 0 Å². The van der Waals surface area contributed by atoms with Crippen molar-refractivity contribution in [2.24, 2.45) is 13.0 Å². The third-order valence-corrected chi connectivity index (χ3v) is 3.78.